The highest BCUT2D eigenvalue weighted by Gasteiger charge is 2.02. The third kappa shape index (κ3) is 4.64. The van der Waals surface area contributed by atoms with Crippen LogP contribution in [0.4, 0.5) is 0 Å². The van der Waals surface area contributed by atoms with E-state index in [1.807, 2.05) is 6.92 Å². The molecule has 1 heterocycles. The zero-order valence-electron chi connectivity index (χ0n) is 9.23. The Hall–Kier alpha value is -0.580. The molecule has 0 aliphatic rings. The van der Waals surface area contributed by atoms with Crippen LogP contribution in [0.3, 0.4) is 0 Å². The molecule has 0 fully saturated rings. The molecule has 0 amide bonds. The van der Waals surface area contributed by atoms with Crippen LogP contribution in [0.5, 0.6) is 0 Å². The van der Waals surface area contributed by atoms with E-state index < -0.39 is 0 Å². The van der Waals surface area contributed by atoms with Crippen LogP contribution in [0.1, 0.15) is 17.7 Å². The van der Waals surface area contributed by atoms with Crippen molar-refractivity contribution < 1.29 is 5.11 Å². The zero-order valence-corrected chi connectivity index (χ0v) is 10.0. The van der Waals surface area contributed by atoms with Gasteiger partial charge in [-0.05, 0) is 38.0 Å². The van der Waals surface area contributed by atoms with Crippen LogP contribution in [-0.2, 0) is 0 Å². The lowest BCUT2D eigenvalue weighted by Gasteiger charge is -2.07. The molecule has 1 atom stereocenters. The van der Waals surface area contributed by atoms with Crippen molar-refractivity contribution in [1.29, 1.82) is 0 Å². The van der Waals surface area contributed by atoms with E-state index in [-0.39, 0.29) is 12.6 Å². The van der Waals surface area contributed by atoms with Crippen LogP contribution >= 0.6 is 11.8 Å². The molecule has 0 saturated heterocycles. The Labute approximate surface area is 95.1 Å². The number of aliphatic hydroxyl groups is 1. The lowest BCUT2D eigenvalue weighted by molar-refractivity contribution is 0.264. The lowest BCUT2D eigenvalue weighted by Crippen LogP contribution is -2.24. The van der Waals surface area contributed by atoms with Crippen molar-refractivity contribution in [2.45, 2.75) is 31.3 Å². The Bertz CT molecular complexity index is 297. The molecule has 3 N–H and O–H groups in total. The van der Waals surface area contributed by atoms with Crippen LogP contribution < -0.4 is 5.73 Å². The summed E-state index contributed by atoms with van der Waals surface area (Å²) >= 11 is 1.69. The average Bonchev–Trinajstić information content (AvgIpc) is 2.16. The molecule has 84 valence electrons. The van der Waals surface area contributed by atoms with Gasteiger partial charge in [-0.2, -0.15) is 0 Å². The molecule has 0 saturated carbocycles. The second kappa shape index (κ2) is 6.10. The summed E-state index contributed by atoms with van der Waals surface area (Å²) in [6, 6.07) is 4.02. The van der Waals surface area contributed by atoms with Crippen LogP contribution in [0.2, 0.25) is 0 Å². The highest BCUT2D eigenvalue weighted by atomic mass is 32.2. The maximum Gasteiger partial charge on any atom is 0.0965 e. The summed E-state index contributed by atoms with van der Waals surface area (Å²) in [6.45, 7) is 4.12. The van der Waals surface area contributed by atoms with Gasteiger partial charge in [-0.3, -0.25) is 0 Å². The first-order valence-electron chi connectivity index (χ1n) is 5.06. The fourth-order valence-corrected chi connectivity index (χ4v) is 2.39. The Morgan fingerprint density at radius 1 is 1.47 bits per heavy atom. The predicted molar refractivity (Wildman–Crippen MR) is 64.1 cm³/mol. The van der Waals surface area contributed by atoms with Crippen molar-refractivity contribution >= 4 is 11.8 Å². The maximum atomic E-state index is 8.77. The number of thioether (sulfide) groups is 1. The van der Waals surface area contributed by atoms with Crippen molar-refractivity contribution in [2.75, 3.05) is 12.4 Å². The summed E-state index contributed by atoms with van der Waals surface area (Å²) in [5.41, 5.74) is 7.89. The van der Waals surface area contributed by atoms with Crippen LogP contribution in [0, 0.1) is 13.8 Å². The van der Waals surface area contributed by atoms with Crippen molar-refractivity contribution in [1.82, 2.24) is 4.98 Å². The minimum absolute atomic E-state index is 0.0564. The molecule has 0 aliphatic carbocycles. The fourth-order valence-electron chi connectivity index (χ4n) is 1.28. The Morgan fingerprint density at radius 2 is 2.20 bits per heavy atom. The van der Waals surface area contributed by atoms with E-state index >= 15 is 0 Å². The van der Waals surface area contributed by atoms with Crippen LogP contribution in [0.15, 0.2) is 17.2 Å². The van der Waals surface area contributed by atoms with Crippen molar-refractivity contribution in [3.63, 3.8) is 0 Å². The second-order valence-corrected chi connectivity index (χ2v) is 4.82. The van der Waals surface area contributed by atoms with E-state index in [1.165, 1.54) is 5.56 Å². The number of aromatic nitrogens is 1. The third-order valence-electron chi connectivity index (χ3n) is 2.05. The summed E-state index contributed by atoms with van der Waals surface area (Å²) in [6.07, 6.45) is 0.815. The standard InChI is InChI=1S/C11H18N2OS/c1-8-5-9(2)13-11(6-8)15-4-3-10(12)7-14/h5-6,10,14H,3-4,7,12H2,1-2H3. The molecular weight excluding hydrogens is 208 g/mol. The highest BCUT2D eigenvalue weighted by Crippen LogP contribution is 2.18. The summed E-state index contributed by atoms with van der Waals surface area (Å²) < 4.78 is 0. The first-order valence-corrected chi connectivity index (χ1v) is 6.05. The fraction of sp³-hybridized carbons (Fsp3) is 0.545. The number of aryl methyl sites for hydroxylation is 2. The number of nitrogens with zero attached hydrogens (tertiary/aromatic N) is 1. The number of nitrogens with two attached hydrogens (primary N) is 1. The molecule has 0 aromatic carbocycles. The van der Waals surface area contributed by atoms with Gasteiger partial charge in [0.25, 0.3) is 0 Å². The molecule has 3 nitrogen and oxygen atoms in total. The molecule has 0 radical (unpaired) electrons. The maximum absolute atomic E-state index is 8.77. The van der Waals surface area contributed by atoms with Gasteiger partial charge < -0.3 is 10.8 Å². The largest absolute Gasteiger partial charge is 0.395 e. The number of pyridine rings is 1. The van der Waals surface area contributed by atoms with Gasteiger partial charge >= 0.3 is 0 Å². The minimum Gasteiger partial charge on any atom is -0.395 e. The van der Waals surface area contributed by atoms with Gasteiger partial charge in [0.1, 0.15) is 0 Å². The van der Waals surface area contributed by atoms with Gasteiger partial charge in [0.15, 0.2) is 0 Å². The van der Waals surface area contributed by atoms with Gasteiger partial charge in [0.05, 0.1) is 11.6 Å². The molecule has 0 spiro atoms. The number of hydrogen-bond acceptors (Lipinski definition) is 4. The molecule has 0 aliphatic heterocycles. The van der Waals surface area contributed by atoms with E-state index in [0.717, 1.165) is 22.9 Å². The van der Waals surface area contributed by atoms with Gasteiger partial charge in [0, 0.05) is 17.5 Å². The monoisotopic (exact) mass is 226 g/mol. The summed E-state index contributed by atoms with van der Waals surface area (Å²) in [5, 5.41) is 9.81. The summed E-state index contributed by atoms with van der Waals surface area (Å²) in [4.78, 5) is 4.42. The highest BCUT2D eigenvalue weighted by molar-refractivity contribution is 7.99. The van der Waals surface area contributed by atoms with Gasteiger partial charge in [-0.15, -0.1) is 11.8 Å². The Morgan fingerprint density at radius 3 is 2.80 bits per heavy atom. The minimum atomic E-state index is -0.108. The van der Waals surface area contributed by atoms with Gasteiger partial charge in [-0.25, -0.2) is 4.98 Å². The molecular formula is C11H18N2OS. The SMILES string of the molecule is Cc1cc(C)nc(SCCC(N)CO)c1. The van der Waals surface area contributed by atoms with Gasteiger partial charge in [0.2, 0.25) is 0 Å². The smallest absolute Gasteiger partial charge is 0.0965 e. The van der Waals surface area contributed by atoms with E-state index in [4.69, 9.17) is 10.8 Å². The number of hydrogen-bond donors (Lipinski definition) is 2. The van der Waals surface area contributed by atoms with Crippen molar-refractivity contribution in [3.8, 4) is 0 Å². The average molecular weight is 226 g/mol. The quantitative estimate of drug-likeness (QED) is 0.747. The normalized spacial score (nSPS) is 12.8. The second-order valence-electron chi connectivity index (χ2n) is 3.70. The summed E-state index contributed by atoms with van der Waals surface area (Å²) in [5.74, 6) is 0.900. The molecule has 1 rings (SSSR count). The third-order valence-corrected chi connectivity index (χ3v) is 2.99. The molecule has 1 unspecified atom stereocenters. The molecule has 0 bridgehead atoms. The zero-order chi connectivity index (χ0) is 11.3. The molecule has 15 heavy (non-hydrogen) atoms. The Kier molecular flexibility index (Phi) is 5.08. The van der Waals surface area contributed by atoms with Crippen LogP contribution in [-0.4, -0.2) is 28.5 Å². The van der Waals surface area contributed by atoms with Crippen molar-refractivity contribution in [3.05, 3.63) is 23.4 Å². The van der Waals surface area contributed by atoms with E-state index in [1.54, 1.807) is 11.8 Å². The Balaban J connectivity index is 2.43. The number of aliphatic hydroxyl groups excluding tert-OH is 1. The molecule has 1 aromatic rings. The molecule has 1 aromatic heterocycles. The van der Waals surface area contributed by atoms with Crippen LogP contribution in [0.25, 0.3) is 0 Å². The molecule has 4 heteroatoms. The summed E-state index contributed by atoms with van der Waals surface area (Å²) in [7, 11) is 0. The predicted octanol–water partition coefficient (Wildman–Crippen LogP) is 1.50. The van der Waals surface area contributed by atoms with Crippen molar-refractivity contribution in [2.24, 2.45) is 5.73 Å². The topological polar surface area (TPSA) is 59.1 Å². The van der Waals surface area contributed by atoms with E-state index in [0.29, 0.717) is 0 Å². The van der Waals surface area contributed by atoms with Gasteiger partial charge in [-0.1, -0.05) is 0 Å². The van der Waals surface area contributed by atoms with E-state index in [9.17, 15) is 0 Å². The van der Waals surface area contributed by atoms with E-state index in [2.05, 4.69) is 24.0 Å². The first-order chi connectivity index (χ1) is 7.11. The number of rotatable bonds is 5. The lowest BCUT2D eigenvalue weighted by atomic mass is 10.2. The first kappa shape index (κ1) is 12.5.